The van der Waals surface area contributed by atoms with E-state index in [2.05, 4.69) is 13.8 Å². The minimum absolute atomic E-state index is 0.229. The summed E-state index contributed by atoms with van der Waals surface area (Å²) in [5, 5.41) is 9.89. The second-order valence-electron chi connectivity index (χ2n) is 4.86. The molecule has 1 aromatic rings. The third kappa shape index (κ3) is 5.55. The lowest BCUT2D eigenvalue weighted by Crippen LogP contribution is -2.15. The average Bonchev–Trinajstić information content (AvgIpc) is 2.23. The molecular formula is C14H21FOS. The highest BCUT2D eigenvalue weighted by atomic mass is 32.2. The maximum Gasteiger partial charge on any atom is 0.123 e. The summed E-state index contributed by atoms with van der Waals surface area (Å²) in [7, 11) is 0. The minimum atomic E-state index is -0.390. The molecule has 0 aliphatic rings. The normalized spacial score (nSPS) is 13.1. The molecule has 0 amide bonds. The Morgan fingerprint density at radius 2 is 2.00 bits per heavy atom. The Hall–Kier alpha value is -0.540. The van der Waals surface area contributed by atoms with Crippen molar-refractivity contribution in [3.05, 3.63) is 35.1 Å². The van der Waals surface area contributed by atoms with Gasteiger partial charge in [0.05, 0.1) is 6.10 Å². The summed E-state index contributed by atoms with van der Waals surface area (Å²) in [6.45, 7) is 6.27. The molecule has 0 saturated heterocycles. The number of aliphatic hydroxyl groups excluding tert-OH is 1. The zero-order valence-corrected chi connectivity index (χ0v) is 11.6. The second kappa shape index (κ2) is 7.02. The summed E-state index contributed by atoms with van der Waals surface area (Å²) in [5.74, 6) is 2.18. The quantitative estimate of drug-likeness (QED) is 0.841. The largest absolute Gasteiger partial charge is 0.392 e. The maximum atomic E-state index is 13.1. The Labute approximate surface area is 107 Å². The fourth-order valence-electron chi connectivity index (χ4n) is 1.61. The summed E-state index contributed by atoms with van der Waals surface area (Å²) in [5.41, 5.74) is 1.95. The summed E-state index contributed by atoms with van der Waals surface area (Å²) < 4.78 is 13.1. The number of rotatable bonds is 6. The van der Waals surface area contributed by atoms with E-state index in [0.29, 0.717) is 18.1 Å². The third-order valence-corrected chi connectivity index (χ3v) is 4.05. The highest BCUT2D eigenvalue weighted by Gasteiger charge is 2.09. The zero-order valence-electron chi connectivity index (χ0n) is 10.7. The number of hydrogen-bond donors (Lipinski definition) is 1. The van der Waals surface area contributed by atoms with Gasteiger partial charge in [-0.1, -0.05) is 19.9 Å². The molecular weight excluding hydrogens is 235 g/mol. The average molecular weight is 256 g/mol. The molecule has 0 aliphatic carbocycles. The Morgan fingerprint density at radius 3 is 2.65 bits per heavy atom. The van der Waals surface area contributed by atoms with E-state index >= 15 is 0 Å². The summed E-state index contributed by atoms with van der Waals surface area (Å²) in [4.78, 5) is 0. The van der Waals surface area contributed by atoms with Crippen LogP contribution < -0.4 is 0 Å². The molecule has 0 aromatic heterocycles. The van der Waals surface area contributed by atoms with Crippen molar-refractivity contribution in [1.29, 1.82) is 0 Å². The number of benzene rings is 1. The van der Waals surface area contributed by atoms with Crippen LogP contribution in [0, 0.1) is 18.7 Å². The van der Waals surface area contributed by atoms with Gasteiger partial charge in [-0.25, -0.2) is 4.39 Å². The Balaban J connectivity index is 2.44. The molecule has 1 aromatic carbocycles. The molecule has 0 fully saturated rings. The SMILES string of the molecule is Cc1ccc(F)cc1CC(O)CSCC(C)C. The second-order valence-corrected chi connectivity index (χ2v) is 5.93. The molecule has 0 saturated carbocycles. The topological polar surface area (TPSA) is 20.2 Å². The van der Waals surface area contributed by atoms with Crippen molar-refractivity contribution in [2.24, 2.45) is 5.92 Å². The molecule has 0 aliphatic heterocycles. The molecule has 17 heavy (non-hydrogen) atoms. The standard InChI is InChI=1S/C14H21FOS/c1-10(2)8-17-9-14(16)7-12-6-13(15)5-4-11(12)3/h4-6,10,14,16H,7-9H2,1-3H3. The van der Waals surface area contributed by atoms with Crippen LogP contribution in [0.4, 0.5) is 4.39 Å². The van der Waals surface area contributed by atoms with Crippen LogP contribution in [0.3, 0.4) is 0 Å². The highest BCUT2D eigenvalue weighted by molar-refractivity contribution is 7.99. The van der Waals surface area contributed by atoms with Gasteiger partial charge in [-0.2, -0.15) is 11.8 Å². The number of aliphatic hydroxyl groups is 1. The van der Waals surface area contributed by atoms with E-state index in [1.807, 2.05) is 6.92 Å². The smallest absolute Gasteiger partial charge is 0.123 e. The fraction of sp³-hybridized carbons (Fsp3) is 0.571. The lowest BCUT2D eigenvalue weighted by molar-refractivity contribution is 0.200. The van der Waals surface area contributed by atoms with Gasteiger partial charge >= 0.3 is 0 Å². The highest BCUT2D eigenvalue weighted by Crippen LogP contribution is 2.15. The first-order valence-corrected chi connectivity index (χ1v) is 7.15. The molecule has 1 unspecified atom stereocenters. The number of thioether (sulfide) groups is 1. The molecule has 1 N–H and O–H groups in total. The van der Waals surface area contributed by atoms with Crippen LogP contribution in [0.2, 0.25) is 0 Å². The van der Waals surface area contributed by atoms with Gasteiger partial charge in [-0.3, -0.25) is 0 Å². The van der Waals surface area contributed by atoms with E-state index in [-0.39, 0.29) is 11.9 Å². The summed E-state index contributed by atoms with van der Waals surface area (Å²) in [6, 6.07) is 4.74. The third-order valence-electron chi connectivity index (χ3n) is 2.53. The number of aryl methyl sites for hydroxylation is 1. The summed E-state index contributed by atoms with van der Waals surface area (Å²) >= 11 is 1.76. The molecule has 0 bridgehead atoms. The van der Waals surface area contributed by atoms with E-state index in [1.165, 1.54) is 12.1 Å². The molecule has 1 rings (SSSR count). The van der Waals surface area contributed by atoms with Crippen LogP contribution in [-0.4, -0.2) is 22.7 Å². The minimum Gasteiger partial charge on any atom is -0.392 e. The van der Waals surface area contributed by atoms with Gasteiger partial charge in [0.25, 0.3) is 0 Å². The Morgan fingerprint density at radius 1 is 1.29 bits per heavy atom. The van der Waals surface area contributed by atoms with Gasteiger partial charge < -0.3 is 5.11 Å². The zero-order chi connectivity index (χ0) is 12.8. The van der Waals surface area contributed by atoms with Gasteiger partial charge in [0.15, 0.2) is 0 Å². The van der Waals surface area contributed by atoms with Crippen molar-refractivity contribution in [3.63, 3.8) is 0 Å². The molecule has 1 nitrogen and oxygen atoms in total. The van der Waals surface area contributed by atoms with Crippen LogP contribution >= 0.6 is 11.8 Å². The lowest BCUT2D eigenvalue weighted by atomic mass is 10.0. The maximum absolute atomic E-state index is 13.1. The predicted octanol–water partition coefficient (Wildman–Crippen LogP) is 3.43. The van der Waals surface area contributed by atoms with Gasteiger partial charge in [0.2, 0.25) is 0 Å². The first kappa shape index (κ1) is 14.5. The predicted molar refractivity (Wildman–Crippen MR) is 73.0 cm³/mol. The Bertz CT molecular complexity index is 352. The lowest BCUT2D eigenvalue weighted by Gasteiger charge is -2.13. The van der Waals surface area contributed by atoms with Gasteiger partial charge in [-0.05, 0) is 48.3 Å². The van der Waals surface area contributed by atoms with Gasteiger partial charge in [0.1, 0.15) is 5.82 Å². The van der Waals surface area contributed by atoms with Crippen LogP contribution in [-0.2, 0) is 6.42 Å². The van der Waals surface area contributed by atoms with Crippen LogP contribution in [0.5, 0.6) is 0 Å². The fourth-order valence-corrected chi connectivity index (χ4v) is 2.61. The molecule has 0 radical (unpaired) electrons. The first-order chi connectivity index (χ1) is 7.99. The van der Waals surface area contributed by atoms with Crippen molar-refractivity contribution in [3.8, 4) is 0 Å². The van der Waals surface area contributed by atoms with E-state index in [0.717, 1.165) is 16.9 Å². The molecule has 3 heteroatoms. The molecule has 96 valence electrons. The van der Waals surface area contributed by atoms with E-state index in [1.54, 1.807) is 17.8 Å². The van der Waals surface area contributed by atoms with Crippen molar-refractivity contribution < 1.29 is 9.50 Å². The van der Waals surface area contributed by atoms with Crippen molar-refractivity contribution in [2.45, 2.75) is 33.3 Å². The molecule has 1 atom stereocenters. The van der Waals surface area contributed by atoms with E-state index in [4.69, 9.17) is 0 Å². The van der Waals surface area contributed by atoms with Crippen LogP contribution in [0.15, 0.2) is 18.2 Å². The van der Waals surface area contributed by atoms with E-state index < -0.39 is 0 Å². The van der Waals surface area contributed by atoms with Crippen molar-refractivity contribution in [2.75, 3.05) is 11.5 Å². The van der Waals surface area contributed by atoms with Crippen molar-refractivity contribution in [1.82, 2.24) is 0 Å². The monoisotopic (exact) mass is 256 g/mol. The summed E-state index contributed by atoms with van der Waals surface area (Å²) in [6.07, 6.45) is 0.147. The Kier molecular flexibility index (Phi) is 6.00. The number of hydrogen-bond acceptors (Lipinski definition) is 2. The molecule has 0 spiro atoms. The number of halogens is 1. The van der Waals surface area contributed by atoms with Crippen molar-refractivity contribution >= 4 is 11.8 Å². The van der Waals surface area contributed by atoms with E-state index in [9.17, 15) is 9.50 Å². The van der Waals surface area contributed by atoms with Crippen LogP contribution in [0.25, 0.3) is 0 Å². The first-order valence-electron chi connectivity index (χ1n) is 6.00. The molecule has 0 heterocycles. The van der Waals surface area contributed by atoms with Crippen LogP contribution in [0.1, 0.15) is 25.0 Å². The van der Waals surface area contributed by atoms with Gasteiger partial charge in [0, 0.05) is 5.75 Å². The van der Waals surface area contributed by atoms with Gasteiger partial charge in [-0.15, -0.1) is 0 Å².